The first-order valence-corrected chi connectivity index (χ1v) is 19.7. The Kier molecular flexibility index (Phi) is 28.3. The molecule has 0 saturated carbocycles. The van der Waals surface area contributed by atoms with Crippen LogP contribution in [0.3, 0.4) is 0 Å². The highest BCUT2D eigenvalue weighted by Crippen LogP contribution is 2.23. The van der Waals surface area contributed by atoms with Gasteiger partial charge in [-0.1, -0.05) is 162 Å². The molecule has 1 fully saturated rings. The van der Waals surface area contributed by atoms with Crippen molar-refractivity contribution in [2.45, 2.75) is 224 Å². The minimum Gasteiger partial charge on any atom is -0.394 e. The molecule has 2 unspecified atom stereocenters. The van der Waals surface area contributed by atoms with Crippen LogP contribution in [0.4, 0.5) is 0 Å². The zero-order valence-electron chi connectivity index (χ0n) is 30.3. The fraction of sp³-hybridized carbons (Fsp3) is 0.974. The lowest BCUT2D eigenvalue weighted by molar-refractivity contribution is -0.302. The molecule has 0 aliphatic carbocycles. The number of nitrogens with one attached hydrogen (secondary N) is 1. The van der Waals surface area contributed by atoms with Gasteiger partial charge in [0.1, 0.15) is 24.4 Å². The number of aliphatic hydroxyl groups excluding tert-OH is 5. The molecule has 0 bridgehead atoms. The topological polar surface area (TPSA) is 149 Å². The third-order valence-electron chi connectivity index (χ3n) is 9.71. The van der Waals surface area contributed by atoms with Crippen molar-refractivity contribution in [3.05, 3.63) is 0 Å². The molecule has 1 aliphatic heterocycles. The van der Waals surface area contributed by atoms with Crippen molar-refractivity contribution in [2.24, 2.45) is 0 Å². The number of rotatable bonds is 32. The molecule has 0 aromatic carbocycles. The number of aliphatic hydroxyl groups is 5. The summed E-state index contributed by atoms with van der Waals surface area (Å²) >= 11 is 0. The van der Waals surface area contributed by atoms with E-state index in [-0.39, 0.29) is 12.5 Å². The van der Waals surface area contributed by atoms with Crippen LogP contribution in [0.1, 0.15) is 181 Å². The fourth-order valence-electron chi connectivity index (χ4n) is 6.45. The Morgan fingerprint density at radius 1 is 0.638 bits per heavy atom. The standard InChI is InChI=1S/C38H75NO8/c1-3-5-7-9-11-13-15-16-18-20-22-24-26-28-34(42)39-31(30-46-38-37(45)36(44)35(43)33(29-40)47-38)32(41)27-25-23-21-19-17-14-12-10-8-6-4-2/h31-33,35-38,40-41,43-45H,3-30H2,1-2H3,(H,39,42)/t31-,32+,33-,35-,36?,37?,38-/m0/s1. The average Bonchev–Trinajstić information content (AvgIpc) is 3.07. The quantitative estimate of drug-likeness (QED) is 0.0426. The van der Waals surface area contributed by atoms with Crippen LogP contribution in [0.15, 0.2) is 0 Å². The lowest BCUT2D eigenvalue weighted by atomic mass is 9.99. The maximum Gasteiger partial charge on any atom is 0.220 e. The molecule has 6 N–H and O–H groups in total. The lowest BCUT2D eigenvalue weighted by Crippen LogP contribution is -2.60. The molecular formula is C38H75NO8. The van der Waals surface area contributed by atoms with Crippen molar-refractivity contribution in [2.75, 3.05) is 13.2 Å². The van der Waals surface area contributed by atoms with Gasteiger partial charge in [0.15, 0.2) is 6.29 Å². The van der Waals surface area contributed by atoms with Gasteiger partial charge in [0.05, 0.1) is 25.4 Å². The predicted molar refractivity (Wildman–Crippen MR) is 189 cm³/mol. The van der Waals surface area contributed by atoms with E-state index in [2.05, 4.69) is 19.2 Å². The van der Waals surface area contributed by atoms with E-state index < -0.39 is 49.5 Å². The van der Waals surface area contributed by atoms with Gasteiger partial charge in [0.25, 0.3) is 0 Å². The first-order valence-electron chi connectivity index (χ1n) is 19.7. The van der Waals surface area contributed by atoms with Crippen molar-refractivity contribution >= 4 is 5.91 Å². The summed E-state index contributed by atoms with van der Waals surface area (Å²) in [5, 5.41) is 54.0. The lowest BCUT2D eigenvalue weighted by Gasteiger charge is -2.40. The highest BCUT2D eigenvalue weighted by Gasteiger charge is 2.44. The zero-order chi connectivity index (χ0) is 34.5. The highest BCUT2D eigenvalue weighted by atomic mass is 16.7. The van der Waals surface area contributed by atoms with Crippen molar-refractivity contribution in [1.29, 1.82) is 0 Å². The SMILES string of the molecule is CCCCCCCCCCCCCCCC(=O)N[C@@H](CO[C@H]1O[C@@H](CO)[C@H](O)C(O)C1O)[C@H](O)CCCCCCCCCCCCC. The van der Waals surface area contributed by atoms with Crippen LogP contribution in [0.25, 0.3) is 0 Å². The van der Waals surface area contributed by atoms with E-state index >= 15 is 0 Å². The highest BCUT2D eigenvalue weighted by molar-refractivity contribution is 5.76. The molecule has 1 amide bonds. The molecule has 1 rings (SSSR count). The summed E-state index contributed by atoms with van der Waals surface area (Å²) in [5.41, 5.74) is 0. The molecule has 1 aliphatic rings. The Morgan fingerprint density at radius 3 is 1.51 bits per heavy atom. The number of hydrogen-bond acceptors (Lipinski definition) is 8. The van der Waals surface area contributed by atoms with Crippen LogP contribution in [0, 0.1) is 0 Å². The minimum absolute atomic E-state index is 0.133. The van der Waals surface area contributed by atoms with Crippen LogP contribution >= 0.6 is 0 Å². The van der Waals surface area contributed by atoms with E-state index in [1.807, 2.05) is 0 Å². The van der Waals surface area contributed by atoms with Gasteiger partial charge in [-0.2, -0.15) is 0 Å². The summed E-state index contributed by atoms with van der Waals surface area (Å²) in [7, 11) is 0. The molecule has 47 heavy (non-hydrogen) atoms. The first kappa shape index (κ1) is 44.2. The van der Waals surface area contributed by atoms with Gasteiger partial charge in [-0.3, -0.25) is 4.79 Å². The van der Waals surface area contributed by atoms with Gasteiger partial charge >= 0.3 is 0 Å². The van der Waals surface area contributed by atoms with E-state index in [1.54, 1.807) is 0 Å². The summed E-state index contributed by atoms with van der Waals surface area (Å²) in [6.07, 6.45) is 22.5. The Bertz CT molecular complexity index is 711. The van der Waals surface area contributed by atoms with Crippen LogP contribution < -0.4 is 5.32 Å². The van der Waals surface area contributed by atoms with Gasteiger partial charge in [0.2, 0.25) is 5.91 Å². The summed E-state index contributed by atoms with van der Waals surface area (Å²) < 4.78 is 11.2. The van der Waals surface area contributed by atoms with E-state index in [1.165, 1.54) is 116 Å². The number of carbonyl (C=O) groups is 1. The second kappa shape index (κ2) is 30.1. The van der Waals surface area contributed by atoms with E-state index in [0.29, 0.717) is 12.8 Å². The summed E-state index contributed by atoms with van der Waals surface area (Å²) in [6.45, 7) is 3.81. The van der Waals surface area contributed by atoms with Gasteiger partial charge < -0.3 is 40.3 Å². The van der Waals surface area contributed by atoms with Crippen LogP contribution in [0.5, 0.6) is 0 Å². The van der Waals surface area contributed by atoms with Crippen LogP contribution in [-0.4, -0.2) is 87.5 Å². The predicted octanol–water partition coefficient (Wildman–Crippen LogP) is 6.83. The first-order chi connectivity index (χ1) is 22.8. The second-order valence-corrected chi connectivity index (χ2v) is 14.1. The molecule has 1 heterocycles. The largest absolute Gasteiger partial charge is 0.394 e. The maximum absolute atomic E-state index is 12.9. The van der Waals surface area contributed by atoms with Crippen molar-refractivity contribution in [3.8, 4) is 0 Å². The minimum atomic E-state index is -1.55. The summed E-state index contributed by atoms with van der Waals surface area (Å²) in [4.78, 5) is 12.9. The number of hydrogen-bond donors (Lipinski definition) is 6. The average molecular weight is 674 g/mol. The summed E-state index contributed by atoms with van der Waals surface area (Å²) in [6, 6.07) is -0.708. The number of amides is 1. The van der Waals surface area contributed by atoms with Crippen molar-refractivity contribution in [1.82, 2.24) is 5.32 Å². The van der Waals surface area contributed by atoms with Gasteiger partial charge in [-0.15, -0.1) is 0 Å². The fourth-order valence-corrected chi connectivity index (χ4v) is 6.45. The van der Waals surface area contributed by atoms with Gasteiger partial charge in [-0.05, 0) is 12.8 Å². The monoisotopic (exact) mass is 674 g/mol. The Balaban J connectivity index is 2.40. The van der Waals surface area contributed by atoms with Crippen molar-refractivity contribution < 1.29 is 39.8 Å². The van der Waals surface area contributed by atoms with Gasteiger partial charge in [-0.25, -0.2) is 0 Å². The molecule has 0 radical (unpaired) electrons. The molecule has 0 aromatic rings. The molecule has 1 saturated heterocycles. The summed E-state index contributed by atoms with van der Waals surface area (Å²) in [5.74, 6) is -0.145. The molecular weight excluding hydrogens is 598 g/mol. The number of unbranched alkanes of at least 4 members (excludes halogenated alkanes) is 22. The third-order valence-corrected chi connectivity index (χ3v) is 9.71. The molecule has 7 atom stereocenters. The zero-order valence-corrected chi connectivity index (χ0v) is 30.3. The van der Waals surface area contributed by atoms with Crippen LogP contribution in [-0.2, 0) is 14.3 Å². The Labute approximate surface area is 287 Å². The number of carbonyl (C=O) groups excluding carboxylic acids is 1. The maximum atomic E-state index is 12.9. The molecule has 0 spiro atoms. The normalized spacial score (nSPS) is 22.7. The van der Waals surface area contributed by atoms with Crippen molar-refractivity contribution in [3.63, 3.8) is 0 Å². The smallest absolute Gasteiger partial charge is 0.220 e. The van der Waals surface area contributed by atoms with E-state index in [9.17, 15) is 30.3 Å². The number of ether oxygens (including phenoxy) is 2. The molecule has 9 nitrogen and oxygen atoms in total. The van der Waals surface area contributed by atoms with E-state index in [0.717, 1.165) is 38.5 Å². The molecule has 280 valence electrons. The Hall–Kier alpha value is -0.810. The second-order valence-electron chi connectivity index (χ2n) is 14.1. The van der Waals surface area contributed by atoms with Gasteiger partial charge in [0, 0.05) is 6.42 Å². The van der Waals surface area contributed by atoms with Crippen LogP contribution in [0.2, 0.25) is 0 Å². The third kappa shape index (κ3) is 21.8. The Morgan fingerprint density at radius 2 is 1.06 bits per heavy atom. The molecule has 0 aromatic heterocycles. The molecule has 9 heteroatoms. The van der Waals surface area contributed by atoms with E-state index in [4.69, 9.17) is 9.47 Å².